The van der Waals surface area contributed by atoms with Crippen LogP contribution in [0.2, 0.25) is 0 Å². The minimum Gasteiger partial charge on any atom is -0.348 e. The van der Waals surface area contributed by atoms with Gasteiger partial charge in [-0.2, -0.15) is 13.2 Å². The molecular formula is C19H21F3N2O. The molecule has 2 aromatic carbocycles. The van der Waals surface area contributed by atoms with Crippen LogP contribution < -0.4 is 10.6 Å². The van der Waals surface area contributed by atoms with Crippen molar-refractivity contribution in [2.24, 2.45) is 0 Å². The third-order valence-electron chi connectivity index (χ3n) is 3.96. The van der Waals surface area contributed by atoms with Gasteiger partial charge in [0.2, 0.25) is 5.91 Å². The molecule has 0 aliphatic rings. The molecule has 2 aromatic rings. The number of benzene rings is 2. The van der Waals surface area contributed by atoms with Gasteiger partial charge in [0.25, 0.3) is 0 Å². The van der Waals surface area contributed by atoms with E-state index in [0.29, 0.717) is 0 Å². The standard InChI is InChI=1S/C19H21F3N2O/c1-13-8-6-7-11-16(13)14(2)24-17(25)12-23-18(19(20,21)22)15-9-4-3-5-10-15/h3-11,14,18,23H,12H2,1-2H3,(H,24,25). The largest absolute Gasteiger partial charge is 0.407 e. The summed E-state index contributed by atoms with van der Waals surface area (Å²) in [6.45, 7) is 3.30. The predicted molar refractivity (Wildman–Crippen MR) is 91.0 cm³/mol. The van der Waals surface area contributed by atoms with Crippen molar-refractivity contribution in [2.75, 3.05) is 6.54 Å². The maximum Gasteiger partial charge on any atom is 0.407 e. The second kappa shape index (κ2) is 8.16. The van der Waals surface area contributed by atoms with Gasteiger partial charge in [0.1, 0.15) is 6.04 Å². The van der Waals surface area contributed by atoms with Crippen molar-refractivity contribution in [1.29, 1.82) is 0 Å². The van der Waals surface area contributed by atoms with Gasteiger partial charge in [-0.1, -0.05) is 54.6 Å². The average Bonchev–Trinajstić information content (AvgIpc) is 2.55. The quantitative estimate of drug-likeness (QED) is 0.825. The molecule has 0 saturated heterocycles. The lowest BCUT2D eigenvalue weighted by molar-refractivity contribution is -0.158. The van der Waals surface area contributed by atoms with Crippen LogP contribution in [0.5, 0.6) is 0 Å². The van der Waals surface area contributed by atoms with E-state index in [-0.39, 0.29) is 11.6 Å². The van der Waals surface area contributed by atoms with E-state index in [1.807, 2.05) is 31.2 Å². The van der Waals surface area contributed by atoms with Crippen molar-refractivity contribution in [3.63, 3.8) is 0 Å². The summed E-state index contributed by atoms with van der Waals surface area (Å²) in [4.78, 5) is 12.1. The molecular weight excluding hydrogens is 329 g/mol. The van der Waals surface area contributed by atoms with Gasteiger partial charge in [0.05, 0.1) is 12.6 Å². The van der Waals surface area contributed by atoms with Crippen LogP contribution >= 0.6 is 0 Å². The minimum absolute atomic E-state index is 0.0785. The van der Waals surface area contributed by atoms with E-state index in [1.165, 1.54) is 24.3 Å². The Balaban J connectivity index is 1.99. The summed E-state index contributed by atoms with van der Waals surface area (Å²) in [5.41, 5.74) is 2.03. The lowest BCUT2D eigenvalue weighted by Gasteiger charge is -2.23. The fraction of sp³-hybridized carbons (Fsp3) is 0.316. The smallest absolute Gasteiger partial charge is 0.348 e. The van der Waals surface area contributed by atoms with Crippen molar-refractivity contribution in [3.05, 3.63) is 71.3 Å². The first-order valence-electron chi connectivity index (χ1n) is 7.99. The summed E-state index contributed by atoms with van der Waals surface area (Å²) in [6.07, 6.45) is -4.48. The monoisotopic (exact) mass is 350 g/mol. The molecule has 6 heteroatoms. The number of carbonyl (C=O) groups excluding carboxylic acids is 1. The van der Waals surface area contributed by atoms with Gasteiger partial charge in [0.15, 0.2) is 0 Å². The molecule has 0 aromatic heterocycles. The molecule has 0 radical (unpaired) electrons. The van der Waals surface area contributed by atoms with E-state index in [0.717, 1.165) is 11.1 Å². The van der Waals surface area contributed by atoms with E-state index in [4.69, 9.17) is 0 Å². The molecule has 0 heterocycles. The molecule has 134 valence electrons. The minimum atomic E-state index is -4.48. The zero-order chi connectivity index (χ0) is 18.4. The first-order chi connectivity index (χ1) is 11.8. The van der Waals surface area contributed by atoms with E-state index in [9.17, 15) is 18.0 Å². The number of alkyl halides is 3. The molecule has 1 amide bonds. The molecule has 0 fully saturated rings. The van der Waals surface area contributed by atoms with Gasteiger partial charge in [0, 0.05) is 0 Å². The Morgan fingerprint density at radius 1 is 1.04 bits per heavy atom. The molecule has 2 rings (SSSR count). The van der Waals surface area contributed by atoms with Crippen molar-refractivity contribution in [3.8, 4) is 0 Å². The number of amides is 1. The zero-order valence-electron chi connectivity index (χ0n) is 14.1. The van der Waals surface area contributed by atoms with E-state index in [1.54, 1.807) is 13.0 Å². The Kier molecular flexibility index (Phi) is 6.20. The fourth-order valence-electron chi connectivity index (χ4n) is 2.71. The predicted octanol–water partition coefficient (Wildman–Crippen LogP) is 4.07. The van der Waals surface area contributed by atoms with Crippen molar-refractivity contribution in [2.45, 2.75) is 32.1 Å². The van der Waals surface area contributed by atoms with Crippen LogP contribution in [0.25, 0.3) is 0 Å². The maximum atomic E-state index is 13.2. The van der Waals surface area contributed by atoms with Gasteiger partial charge >= 0.3 is 6.18 Å². The zero-order valence-corrected chi connectivity index (χ0v) is 14.1. The topological polar surface area (TPSA) is 41.1 Å². The van der Waals surface area contributed by atoms with Crippen LogP contribution in [-0.4, -0.2) is 18.6 Å². The molecule has 0 bridgehead atoms. The number of carbonyl (C=O) groups is 1. The molecule has 0 saturated carbocycles. The Labute approximate surface area is 145 Å². The van der Waals surface area contributed by atoms with Crippen LogP contribution in [0.1, 0.15) is 35.7 Å². The third-order valence-corrected chi connectivity index (χ3v) is 3.96. The van der Waals surface area contributed by atoms with Gasteiger partial charge in [-0.25, -0.2) is 0 Å². The van der Waals surface area contributed by atoms with E-state index < -0.39 is 24.7 Å². The van der Waals surface area contributed by atoms with Crippen molar-refractivity contribution < 1.29 is 18.0 Å². The summed E-state index contributed by atoms with van der Waals surface area (Å²) >= 11 is 0. The van der Waals surface area contributed by atoms with Crippen LogP contribution in [-0.2, 0) is 4.79 Å². The number of hydrogen-bond acceptors (Lipinski definition) is 2. The highest BCUT2D eigenvalue weighted by atomic mass is 19.4. The fourth-order valence-corrected chi connectivity index (χ4v) is 2.71. The number of nitrogens with one attached hydrogen (secondary N) is 2. The van der Waals surface area contributed by atoms with Crippen LogP contribution in [0, 0.1) is 6.92 Å². The highest BCUT2D eigenvalue weighted by Crippen LogP contribution is 2.32. The second-order valence-electron chi connectivity index (χ2n) is 5.91. The molecule has 2 N–H and O–H groups in total. The number of halogens is 3. The lowest BCUT2D eigenvalue weighted by Crippen LogP contribution is -2.41. The molecule has 0 spiro atoms. The second-order valence-corrected chi connectivity index (χ2v) is 5.91. The Morgan fingerprint density at radius 3 is 2.24 bits per heavy atom. The lowest BCUT2D eigenvalue weighted by atomic mass is 10.0. The number of rotatable bonds is 6. The Bertz CT molecular complexity index is 701. The highest BCUT2D eigenvalue weighted by molar-refractivity contribution is 5.78. The molecule has 2 unspecified atom stereocenters. The number of hydrogen-bond donors (Lipinski definition) is 2. The molecule has 2 atom stereocenters. The SMILES string of the molecule is Cc1ccccc1C(C)NC(=O)CNC(c1ccccc1)C(F)(F)F. The first kappa shape index (κ1) is 19.0. The van der Waals surface area contributed by atoms with Gasteiger partial charge in [-0.05, 0) is 30.5 Å². The molecule has 3 nitrogen and oxygen atoms in total. The Hall–Kier alpha value is -2.34. The summed E-state index contributed by atoms with van der Waals surface area (Å²) in [7, 11) is 0. The van der Waals surface area contributed by atoms with Gasteiger partial charge < -0.3 is 5.32 Å². The van der Waals surface area contributed by atoms with Gasteiger partial charge in [-0.3, -0.25) is 10.1 Å². The van der Waals surface area contributed by atoms with E-state index in [2.05, 4.69) is 10.6 Å². The van der Waals surface area contributed by atoms with Crippen molar-refractivity contribution in [1.82, 2.24) is 10.6 Å². The summed E-state index contributed by atoms with van der Waals surface area (Å²) in [5, 5.41) is 5.04. The van der Waals surface area contributed by atoms with Crippen LogP contribution in [0.15, 0.2) is 54.6 Å². The summed E-state index contributed by atoms with van der Waals surface area (Å²) in [6, 6.07) is 12.9. The molecule has 0 aliphatic heterocycles. The molecule has 25 heavy (non-hydrogen) atoms. The van der Waals surface area contributed by atoms with Gasteiger partial charge in [-0.15, -0.1) is 0 Å². The van der Waals surface area contributed by atoms with Crippen LogP contribution in [0.4, 0.5) is 13.2 Å². The van der Waals surface area contributed by atoms with E-state index >= 15 is 0 Å². The number of aryl methyl sites for hydroxylation is 1. The normalized spacial score (nSPS) is 14.0. The summed E-state index contributed by atoms with van der Waals surface area (Å²) < 4.78 is 39.7. The average molecular weight is 350 g/mol. The Morgan fingerprint density at radius 2 is 1.64 bits per heavy atom. The third kappa shape index (κ3) is 5.32. The first-order valence-corrected chi connectivity index (χ1v) is 7.99. The maximum absolute atomic E-state index is 13.2. The molecule has 0 aliphatic carbocycles. The highest BCUT2D eigenvalue weighted by Gasteiger charge is 2.40. The van der Waals surface area contributed by atoms with Crippen LogP contribution in [0.3, 0.4) is 0 Å². The summed E-state index contributed by atoms with van der Waals surface area (Å²) in [5.74, 6) is -0.485. The van der Waals surface area contributed by atoms with Crippen molar-refractivity contribution >= 4 is 5.91 Å².